The number of rotatable bonds is 3. The van der Waals surface area contributed by atoms with Crippen LogP contribution in [0.5, 0.6) is 0 Å². The summed E-state index contributed by atoms with van der Waals surface area (Å²) < 4.78 is 5.63. The lowest BCUT2D eigenvalue weighted by Crippen LogP contribution is -2.49. The van der Waals surface area contributed by atoms with E-state index in [4.69, 9.17) is 4.74 Å². The Kier molecular flexibility index (Phi) is 4.15. The van der Waals surface area contributed by atoms with Crippen LogP contribution in [-0.4, -0.2) is 56.3 Å². The summed E-state index contributed by atoms with van der Waals surface area (Å²) in [5.41, 5.74) is 0.884. The Morgan fingerprint density at radius 3 is 2.59 bits per heavy atom. The van der Waals surface area contributed by atoms with Gasteiger partial charge in [-0.2, -0.15) is 4.80 Å². The molecular weight excluding hydrogens is 282 g/mol. The van der Waals surface area contributed by atoms with Crippen molar-refractivity contribution < 1.29 is 9.53 Å². The van der Waals surface area contributed by atoms with Gasteiger partial charge in [-0.05, 0) is 19.1 Å². The molecule has 2 heterocycles. The standard InChI is InChI=1S/C15H19N5O2/c1-11-8-19(9-12(2)22-11)14(21)10-20-17-15(16-18-20)13-6-4-3-5-7-13/h3-7,11-12H,8-10H2,1-2H3/t11-,12+. The summed E-state index contributed by atoms with van der Waals surface area (Å²) in [4.78, 5) is 15.5. The van der Waals surface area contributed by atoms with Gasteiger partial charge < -0.3 is 9.64 Å². The van der Waals surface area contributed by atoms with Gasteiger partial charge >= 0.3 is 0 Å². The molecule has 7 heteroatoms. The molecule has 1 aromatic carbocycles. The van der Waals surface area contributed by atoms with Gasteiger partial charge in [0.2, 0.25) is 11.7 Å². The molecule has 1 saturated heterocycles. The molecule has 0 aliphatic carbocycles. The Balaban J connectivity index is 1.66. The molecule has 22 heavy (non-hydrogen) atoms. The third-order valence-corrected chi connectivity index (χ3v) is 3.53. The lowest BCUT2D eigenvalue weighted by atomic mass is 10.2. The molecule has 0 radical (unpaired) electrons. The average molecular weight is 301 g/mol. The first-order valence-electron chi connectivity index (χ1n) is 7.38. The van der Waals surface area contributed by atoms with Crippen LogP contribution in [0.2, 0.25) is 0 Å². The normalized spacial score (nSPS) is 21.8. The molecule has 2 aromatic rings. The largest absolute Gasteiger partial charge is 0.372 e. The average Bonchev–Trinajstić information content (AvgIpc) is 2.95. The van der Waals surface area contributed by atoms with Gasteiger partial charge in [0, 0.05) is 18.7 Å². The summed E-state index contributed by atoms with van der Waals surface area (Å²) in [6.45, 7) is 5.24. The van der Waals surface area contributed by atoms with Crippen molar-refractivity contribution in [2.75, 3.05) is 13.1 Å². The minimum Gasteiger partial charge on any atom is -0.372 e. The molecule has 0 saturated carbocycles. The van der Waals surface area contributed by atoms with Crippen LogP contribution in [0.25, 0.3) is 11.4 Å². The van der Waals surface area contributed by atoms with Crippen molar-refractivity contribution in [2.45, 2.75) is 32.6 Å². The second-order valence-corrected chi connectivity index (χ2v) is 5.57. The van der Waals surface area contributed by atoms with E-state index in [1.54, 1.807) is 4.90 Å². The van der Waals surface area contributed by atoms with Gasteiger partial charge in [-0.1, -0.05) is 30.3 Å². The van der Waals surface area contributed by atoms with Crippen LogP contribution < -0.4 is 0 Å². The van der Waals surface area contributed by atoms with Gasteiger partial charge in [-0.3, -0.25) is 4.79 Å². The summed E-state index contributed by atoms with van der Waals surface area (Å²) in [7, 11) is 0. The quantitative estimate of drug-likeness (QED) is 0.845. The van der Waals surface area contributed by atoms with E-state index < -0.39 is 0 Å². The first kappa shape index (κ1) is 14.6. The van der Waals surface area contributed by atoms with E-state index in [0.29, 0.717) is 18.9 Å². The maximum absolute atomic E-state index is 12.3. The number of carbonyl (C=O) groups excluding carboxylic acids is 1. The van der Waals surface area contributed by atoms with Gasteiger partial charge in [-0.15, -0.1) is 10.2 Å². The summed E-state index contributed by atoms with van der Waals surface area (Å²) in [5, 5.41) is 12.2. The molecule has 3 rings (SSSR count). The molecular formula is C15H19N5O2. The van der Waals surface area contributed by atoms with E-state index in [9.17, 15) is 4.79 Å². The smallest absolute Gasteiger partial charge is 0.246 e. The Hall–Kier alpha value is -2.28. The maximum Gasteiger partial charge on any atom is 0.246 e. The van der Waals surface area contributed by atoms with E-state index in [1.807, 2.05) is 44.2 Å². The highest BCUT2D eigenvalue weighted by atomic mass is 16.5. The van der Waals surface area contributed by atoms with Crippen molar-refractivity contribution in [1.82, 2.24) is 25.1 Å². The zero-order valence-electron chi connectivity index (χ0n) is 12.7. The van der Waals surface area contributed by atoms with Gasteiger partial charge in [0.15, 0.2) is 0 Å². The summed E-state index contributed by atoms with van der Waals surface area (Å²) >= 11 is 0. The minimum atomic E-state index is -0.0148. The summed E-state index contributed by atoms with van der Waals surface area (Å²) in [6.07, 6.45) is 0.104. The number of amides is 1. The number of tetrazole rings is 1. The third-order valence-electron chi connectivity index (χ3n) is 3.53. The molecule has 0 unspecified atom stereocenters. The molecule has 1 amide bonds. The number of aromatic nitrogens is 4. The second kappa shape index (κ2) is 6.23. The second-order valence-electron chi connectivity index (χ2n) is 5.57. The van der Waals surface area contributed by atoms with Crippen molar-refractivity contribution in [1.29, 1.82) is 0 Å². The van der Waals surface area contributed by atoms with Crippen molar-refractivity contribution in [2.24, 2.45) is 0 Å². The van der Waals surface area contributed by atoms with Gasteiger partial charge in [-0.25, -0.2) is 0 Å². The van der Waals surface area contributed by atoms with E-state index in [-0.39, 0.29) is 24.7 Å². The highest BCUT2D eigenvalue weighted by Gasteiger charge is 2.26. The molecule has 2 atom stereocenters. The van der Waals surface area contributed by atoms with Crippen molar-refractivity contribution in [3.8, 4) is 11.4 Å². The highest BCUT2D eigenvalue weighted by molar-refractivity contribution is 5.76. The molecule has 7 nitrogen and oxygen atoms in total. The molecule has 0 bridgehead atoms. The van der Waals surface area contributed by atoms with Crippen LogP contribution in [0.15, 0.2) is 30.3 Å². The predicted octanol–water partition coefficient (Wildman–Crippen LogP) is 0.976. The summed E-state index contributed by atoms with van der Waals surface area (Å²) in [5.74, 6) is 0.510. The van der Waals surface area contributed by atoms with Crippen LogP contribution in [0.1, 0.15) is 13.8 Å². The number of benzene rings is 1. The number of hydrogen-bond acceptors (Lipinski definition) is 5. The SMILES string of the molecule is C[C@@H]1CN(C(=O)Cn2nnc(-c3ccccc3)n2)C[C@H](C)O1. The molecule has 1 aliphatic rings. The Morgan fingerprint density at radius 1 is 1.23 bits per heavy atom. The number of ether oxygens (including phenoxy) is 1. The number of nitrogens with zero attached hydrogens (tertiary/aromatic N) is 5. The number of carbonyl (C=O) groups is 1. The lowest BCUT2D eigenvalue weighted by Gasteiger charge is -2.35. The molecule has 1 aromatic heterocycles. The monoisotopic (exact) mass is 301 g/mol. The zero-order chi connectivity index (χ0) is 15.5. The first-order valence-corrected chi connectivity index (χ1v) is 7.38. The van der Waals surface area contributed by atoms with Crippen molar-refractivity contribution in [3.63, 3.8) is 0 Å². The number of hydrogen-bond donors (Lipinski definition) is 0. The van der Waals surface area contributed by atoms with E-state index in [0.717, 1.165) is 5.56 Å². The summed E-state index contributed by atoms with van der Waals surface area (Å²) in [6, 6.07) is 9.58. The fraction of sp³-hybridized carbons (Fsp3) is 0.467. The van der Waals surface area contributed by atoms with Crippen LogP contribution in [-0.2, 0) is 16.1 Å². The maximum atomic E-state index is 12.3. The first-order chi connectivity index (χ1) is 10.6. The van der Waals surface area contributed by atoms with E-state index >= 15 is 0 Å². The Morgan fingerprint density at radius 2 is 1.91 bits per heavy atom. The number of morpholine rings is 1. The Labute approximate surface area is 128 Å². The fourth-order valence-electron chi connectivity index (χ4n) is 2.62. The molecule has 0 spiro atoms. The zero-order valence-corrected chi connectivity index (χ0v) is 12.7. The fourth-order valence-corrected chi connectivity index (χ4v) is 2.62. The van der Waals surface area contributed by atoms with Crippen LogP contribution in [0.3, 0.4) is 0 Å². The molecule has 1 aliphatic heterocycles. The predicted molar refractivity (Wildman–Crippen MR) is 79.8 cm³/mol. The minimum absolute atomic E-state index is 0.0148. The molecule has 0 N–H and O–H groups in total. The van der Waals surface area contributed by atoms with E-state index in [2.05, 4.69) is 15.4 Å². The molecule has 1 fully saturated rings. The topological polar surface area (TPSA) is 73.1 Å². The van der Waals surface area contributed by atoms with Crippen LogP contribution in [0, 0.1) is 0 Å². The van der Waals surface area contributed by atoms with E-state index in [1.165, 1.54) is 4.80 Å². The van der Waals surface area contributed by atoms with Gasteiger partial charge in [0.1, 0.15) is 6.54 Å². The van der Waals surface area contributed by atoms with Crippen LogP contribution in [0.4, 0.5) is 0 Å². The van der Waals surface area contributed by atoms with Gasteiger partial charge in [0.05, 0.1) is 12.2 Å². The van der Waals surface area contributed by atoms with Crippen molar-refractivity contribution >= 4 is 5.91 Å². The third kappa shape index (κ3) is 3.30. The van der Waals surface area contributed by atoms with Crippen LogP contribution >= 0.6 is 0 Å². The lowest BCUT2D eigenvalue weighted by molar-refractivity contribution is -0.144. The van der Waals surface area contributed by atoms with Crippen molar-refractivity contribution in [3.05, 3.63) is 30.3 Å². The highest BCUT2D eigenvalue weighted by Crippen LogP contribution is 2.13. The molecule has 116 valence electrons. The van der Waals surface area contributed by atoms with Gasteiger partial charge in [0.25, 0.3) is 0 Å². The Bertz CT molecular complexity index is 632.